The topological polar surface area (TPSA) is 114 Å². The number of ether oxygens (including phenoxy) is 2. The number of carboxylic acid groups (broad SMARTS) is 1. The number of hydrogen-bond acceptors (Lipinski definition) is 7. The van der Waals surface area contributed by atoms with Crippen molar-refractivity contribution < 1.29 is 28.6 Å². The predicted octanol–water partition coefficient (Wildman–Crippen LogP) is 4.52. The standard InChI is InChI=1S/C27H31N3O6/c1-17-22(28-24(35-17)18-8-6-5-7-9-18)12-13-34-21-11-10-19-15-23(25(31)32)30(16-20(19)14-21)29-26(33)36-27(2,3)4/h5-11,14,23H,12-13,15-16H2,1-4H3,(H,29,33)(H,31,32)/t23-/m0/s1. The Balaban J connectivity index is 1.40. The Morgan fingerprint density at radius 1 is 1.17 bits per heavy atom. The molecule has 9 nitrogen and oxygen atoms in total. The van der Waals surface area contributed by atoms with Gasteiger partial charge in [0.15, 0.2) is 0 Å². The first kappa shape index (κ1) is 25.2. The summed E-state index contributed by atoms with van der Waals surface area (Å²) in [6.45, 7) is 7.75. The van der Waals surface area contributed by atoms with E-state index < -0.39 is 23.7 Å². The van der Waals surface area contributed by atoms with Gasteiger partial charge in [-0.25, -0.2) is 9.78 Å². The summed E-state index contributed by atoms with van der Waals surface area (Å²) in [5.41, 5.74) is 5.43. The van der Waals surface area contributed by atoms with E-state index in [9.17, 15) is 14.7 Å². The molecule has 0 saturated heterocycles. The molecule has 0 bridgehead atoms. The maximum Gasteiger partial charge on any atom is 0.422 e. The minimum atomic E-state index is -1.02. The number of fused-ring (bicyclic) bond motifs is 1. The van der Waals surface area contributed by atoms with Gasteiger partial charge in [-0.05, 0) is 63.1 Å². The van der Waals surface area contributed by atoms with E-state index in [2.05, 4.69) is 10.4 Å². The van der Waals surface area contributed by atoms with Gasteiger partial charge in [0.1, 0.15) is 23.2 Å². The first-order valence-electron chi connectivity index (χ1n) is 11.8. The molecule has 0 radical (unpaired) electrons. The number of amides is 1. The highest BCUT2D eigenvalue weighted by Gasteiger charge is 2.33. The van der Waals surface area contributed by atoms with Gasteiger partial charge in [0, 0.05) is 24.9 Å². The third-order valence-corrected chi connectivity index (χ3v) is 5.75. The Labute approximate surface area is 210 Å². The van der Waals surface area contributed by atoms with Crippen molar-refractivity contribution in [2.75, 3.05) is 6.61 Å². The molecule has 1 aliphatic heterocycles. The number of rotatable bonds is 7. The van der Waals surface area contributed by atoms with Crippen LogP contribution in [0.1, 0.15) is 43.4 Å². The average Bonchev–Trinajstić information content (AvgIpc) is 3.18. The number of hydrazine groups is 1. The van der Waals surface area contributed by atoms with Crippen molar-refractivity contribution in [2.45, 2.75) is 58.7 Å². The number of oxazole rings is 1. The highest BCUT2D eigenvalue weighted by Crippen LogP contribution is 2.27. The van der Waals surface area contributed by atoms with Gasteiger partial charge >= 0.3 is 12.1 Å². The second-order valence-corrected chi connectivity index (χ2v) is 9.72. The molecule has 1 aliphatic rings. The molecule has 4 rings (SSSR count). The molecule has 0 aliphatic carbocycles. The van der Waals surface area contributed by atoms with Crippen LogP contribution < -0.4 is 10.2 Å². The zero-order valence-corrected chi connectivity index (χ0v) is 20.9. The SMILES string of the molecule is Cc1oc(-c2ccccc2)nc1CCOc1ccc2c(c1)CN(NC(=O)OC(C)(C)C)[C@H](C(=O)O)C2. The highest BCUT2D eigenvalue weighted by atomic mass is 16.6. The Morgan fingerprint density at radius 2 is 1.92 bits per heavy atom. The molecule has 1 atom stereocenters. The number of carbonyl (C=O) groups is 2. The molecule has 0 fully saturated rings. The smallest absolute Gasteiger partial charge is 0.422 e. The molecule has 1 aromatic heterocycles. The zero-order chi connectivity index (χ0) is 25.9. The number of carbonyl (C=O) groups excluding carboxylic acids is 1. The number of carboxylic acids is 1. The highest BCUT2D eigenvalue weighted by molar-refractivity contribution is 5.75. The second kappa shape index (κ2) is 10.4. The van der Waals surface area contributed by atoms with E-state index in [1.54, 1.807) is 20.8 Å². The number of aryl methyl sites for hydroxylation is 1. The van der Waals surface area contributed by atoms with Gasteiger partial charge in [0.05, 0.1) is 12.3 Å². The second-order valence-electron chi connectivity index (χ2n) is 9.72. The Hall–Kier alpha value is -3.85. The first-order chi connectivity index (χ1) is 17.1. The predicted molar refractivity (Wildman–Crippen MR) is 132 cm³/mol. The van der Waals surface area contributed by atoms with Crippen molar-refractivity contribution in [3.8, 4) is 17.2 Å². The van der Waals surface area contributed by atoms with Crippen molar-refractivity contribution in [1.29, 1.82) is 0 Å². The van der Waals surface area contributed by atoms with Crippen LogP contribution in [0.15, 0.2) is 52.9 Å². The van der Waals surface area contributed by atoms with Crippen molar-refractivity contribution >= 4 is 12.1 Å². The molecule has 1 amide bonds. The van der Waals surface area contributed by atoms with Crippen molar-refractivity contribution in [2.24, 2.45) is 0 Å². The van der Waals surface area contributed by atoms with Crippen LogP contribution in [0, 0.1) is 6.92 Å². The normalized spacial score (nSPS) is 15.7. The van der Waals surface area contributed by atoms with Crippen LogP contribution in [-0.2, 0) is 28.9 Å². The molecule has 9 heteroatoms. The Bertz CT molecular complexity index is 1230. The lowest BCUT2D eigenvalue weighted by Crippen LogP contribution is -2.55. The molecular weight excluding hydrogens is 462 g/mol. The van der Waals surface area contributed by atoms with Crippen LogP contribution >= 0.6 is 0 Å². The molecule has 2 N–H and O–H groups in total. The van der Waals surface area contributed by atoms with Crippen LogP contribution in [-0.4, -0.2) is 45.4 Å². The number of aliphatic carboxylic acids is 1. The summed E-state index contributed by atoms with van der Waals surface area (Å²) in [4.78, 5) is 28.7. The lowest BCUT2D eigenvalue weighted by molar-refractivity contribution is -0.145. The number of aromatic nitrogens is 1. The van der Waals surface area contributed by atoms with E-state index in [1.165, 1.54) is 5.01 Å². The number of nitrogens with one attached hydrogen (secondary N) is 1. The number of hydrogen-bond donors (Lipinski definition) is 2. The molecular formula is C27H31N3O6. The molecule has 0 saturated carbocycles. The summed E-state index contributed by atoms with van der Waals surface area (Å²) in [6.07, 6.45) is 0.135. The molecule has 190 valence electrons. The minimum Gasteiger partial charge on any atom is -0.493 e. The van der Waals surface area contributed by atoms with Crippen LogP contribution in [0.2, 0.25) is 0 Å². The summed E-state index contributed by atoms with van der Waals surface area (Å²) >= 11 is 0. The first-order valence-corrected chi connectivity index (χ1v) is 11.8. The van der Waals surface area contributed by atoms with Crippen molar-refractivity contribution in [3.63, 3.8) is 0 Å². The van der Waals surface area contributed by atoms with Crippen LogP contribution in [0.5, 0.6) is 5.75 Å². The minimum absolute atomic E-state index is 0.214. The van der Waals surface area contributed by atoms with E-state index in [1.807, 2.05) is 55.5 Å². The Morgan fingerprint density at radius 3 is 2.61 bits per heavy atom. The maximum absolute atomic E-state index is 12.3. The Kier molecular flexibility index (Phi) is 7.30. The molecule has 36 heavy (non-hydrogen) atoms. The quantitative estimate of drug-likeness (QED) is 0.494. The molecule has 0 unspecified atom stereocenters. The fourth-order valence-corrected chi connectivity index (χ4v) is 4.04. The van der Waals surface area contributed by atoms with E-state index in [0.717, 1.165) is 28.1 Å². The number of benzene rings is 2. The fourth-order valence-electron chi connectivity index (χ4n) is 4.04. The van der Waals surface area contributed by atoms with Crippen LogP contribution in [0.3, 0.4) is 0 Å². The fraction of sp³-hybridized carbons (Fsp3) is 0.370. The summed E-state index contributed by atoms with van der Waals surface area (Å²) in [6, 6.07) is 14.4. The van der Waals surface area contributed by atoms with E-state index in [4.69, 9.17) is 13.9 Å². The van der Waals surface area contributed by atoms with E-state index in [0.29, 0.717) is 24.7 Å². The maximum atomic E-state index is 12.3. The zero-order valence-electron chi connectivity index (χ0n) is 20.9. The van der Waals surface area contributed by atoms with Crippen LogP contribution in [0.4, 0.5) is 4.79 Å². The largest absolute Gasteiger partial charge is 0.493 e. The van der Waals surface area contributed by atoms with Gasteiger partial charge in [-0.3, -0.25) is 10.2 Å². The summed E-state index contributed by atoms with van der Waals surface area (Å²) < 4.78 is 17.1. The van der Waals surface area contributed by atoms with Crippen molar-refractivity contribution in [3.05, 3.63) is 71.1 Å². The lowest BCUT2D eigenvalue weighted by Gasteiger charge is -2.34. The molecule has 0 spiro atoms. The van der Waals surface area contributed by atoms with Crippen molar-refractivity contribution in [1.82, 2.24) is 15.4 Å². The van der Waals surface area contributed by atoms with E-state index >= 15 is 0 Å². The van der Waals surface area contributed by atoms with Gasteiger partial charge in [0.2, 0.25) is 5.89 Å². The van der Waals surface area contributed by atoms with Gasteiger partial charge in [-0.15, -0.1) is 0 Å². The van der Waals surface area contributed by atoms with Gasteiger partial charge < -0.3 is 19.0 Å². The number of nitrogens with zero attached hydrogens (tertiary/aromatic N) is 2. The summed E-state index contributed by atoms with van der Waals surface area (Å²) in [5, 5.41) is 11.1. The molecule has 2 heterocycles. The van der Waals surface area contributed by atoms with Gasteiger partial charge in [-0.1, -0.05) is 24.3 Å². The summed E-state index contributed by atoms with van der Waals surface area (Å²) in [5.74, 6) is 0.980. The monoisotopic (exact) mass is 493 g/mol. The lowest BCUT2D eigenvalue weighted by atomic mass is 9.95. The third-order valence-electron chi connectivity index (χ3n) is 5.75. The summed E-state index contributed by atoms with van der Waals surface area (Å²) in [7, 11) is 0. The molecule has 2 aromatic carbocycles. The average molecular weight is 494 g/mol. The van der Waals surface area contributed by atoms with Crippen LogP contribution in [0.25, 0.3) is 11.5 Å². The molecule has 3 aromatic rings. The van der Waals surface area contributed by atoms with Gasteiger partial charge in [-0.2, -0.15) is 5.01 Å². The van der Waals surface area contributed by atoms with E-state index in [-0.39, 0.29) is 13.0 Å². The third kappa shape index (κ3) is 6.23. The van der Waals surface area contributed by atoms with Gasteiger partial charge in [0.25, 0.3) is 0 Å².